The first-order valence-electron chi connectivity index (χ1n) is 23.9. The monoisotopic (exact) mass is 806 g/mol. The van der Waals surface area contributed by atoms with Crippen molar-refractivity contribution in [3.05, 3.63) is 24.3 Å². The van der Waals surface area contributed by atoms with Crippen molar-refractivity contribution in [1.29, 1.82) is 0 Å². The first-order valence-corrected chi connectivity index (χ1v) is 23.9. The molecule has 0 aliphatic carbocycles. The fraction of sp³-hybridized carbons (Fsp3) is 0.857. The van der Waals surface area contributed by atoms with Gasteiger partial charge in [0.15, 0.2) is 6.10 Å². The molecule has 0 aliphatic heterocycles. The summed E-state index contributed by atoms with van der Waals surface area (Å²) in [6.45, 7) is 4.65. The van der Waals surface area contributed by atoms with Crippen LogP contribution in [0.5, 0.6) is 0 Å². The van der Waals surface area contributed by atoms with Crippen LogP contribution >= 0.6 is 0 Å². The number of rotatable bonds is 43. The molecule has 0 N–H and O–H groups in total. The van der Waals surface area contributed by atoms with Crippen LogP contribution < -0.4 is 5.11 Å². The van der Waals surface area contributed by atoms with Crippen LogP contribution in [0.3, 0.4) is 0 Å². The largest absolute Gasteiger partial charge is 0.544 e. The minimum Gasteiger partial charge on any atom is -0.544 e. The summed E-state index contributed by atoms with van der Waals surface area (Å²) in [5, 5.41) is 11.6. The zero-order valence-corrected chi connectivity index (χ0v) is 38.0. The smallest absolute Gasteiger partial charge is 0.306 e. The molecule has 57 heavy (non-hydrogen) atoms. The second-order valence-electron chi connectivity index (χ2n) is 17.4. The molecule has 0 radical (unpaired) electrons. The van der Waals surface area contributed by atoms with Gasteiger partial charge in [0.2, 0.25) is 0 Å². The summed E-state index contributed by atoms with van der Waals surface area (Å²) in [5.41, 5.74) is 0. The van der Waals surface area contributed by atoms with Crippen LogP contribution in [-0.2, 0) is 28.6 Å². The molecular weight excluding hydrogens is 715 g/mol. The van der Waals surface area contributed by atoms with E-state index >= 15 is 0 Å². The number of likely N-dealkylation sites (N-methyl/N-ethyl adjacent to an activating group) is 1. The Morgan fingerprint density at radius 2 is 0.930 bits per heavy atom. The topological polar surface area (TPSA) is 102 Å². The number of aliphatic carboxylic acids is 1. The van der Waals surface area contributed by atoms with E-state index in [9.17, 15) is 19.5 Å². The number of hydrogen-bond acceptors (Lipinski definition) is 7. The molecule has 0 aromatic carbocycles. The quantitative estimate of drug-likeness (QED) is 0.0262. The van der Waals surface area contributed by atoms with E-state index in [0.29, 0.717) is 12.8 Å². The summed E-state index contributed by atoms with van der Waals surface area (Å²) in [5.74, 6) is -1.74. The molecule has 0 fully saturated rings. The Labute approximate surface area is 351 Å². The summed E-state index contributed by atoms with van der Waals surface area (Å²) in [6.07, 6.45) is 44.8. The number of hydrogen-bond donors (Lipinski definition) is 0. The molecule has 0 heterocycles. The van der Waals surface area contributed by atoms with Crippen LogP contribution in [0.4, 0.5) is 0 Å². The van der Waals surface area contributed by atoms with Crippen molar-refractivity contribution in [3.8, 4) is 0 Å². The van der Waals surface area contributed by atoms with E-state index in [-0.39, 0.29) is 42.7 Å². The molecule has 0 amide bonds. The third-order valence-corrected chi connectivity index (χ3v) is 10.8. The third kappa shape index (κ3) is 39.1. The number of carbonyl (C=O) groups excluding carboxylic acids is 3. The SMILES string of the molecule is CCCCC/C=C\C/C=C\CCCCCCCC(=O)OC(COCCC(C(=O)[O-])[N+](C)(C)C)COC(=O)CCCCCCCCCCCCCCCCCCCC. The minimum absolute atomic E-state index is 0.0390. The maximum Gasteiger partial charge on any atom is 0.306 e. The number of carboxylic acids is 1. The Balaban J connectivity index is 4.28. The fourth-order valence-corrected chi connectivity index (χ4v) is 7.10. The number of ether oxygens (including phenoxy) is 3. The average molecular weight is 806 g/mol. The molecule has 0 saturated heterocycles. The molecular formula is C49H91NO7. The van der Waals surface area contributed by atoms with Crippen molar-refractivity contribution in [2.24, 2.45) is 0 Å². The summed E-state index contributed by atoms with van der Waals surface area (Å²) in [6, 6.07) is -0.725. The van der Waals surface area contributed by atoms with Gasteiger partial charge in [-0.15, -0.1) is 0 Å². The lowest BCUT2D eigenvalue weighted by molar-refractivity contribution is -0.889. The molecule has 0 saturated carbocycles. The second-order valence-corrected chi connectivity index (χ2v) is 17.4. The number of nitrogens with zero attached hydrogens (tertiary/aromatic N) is 1. The summed E-state index contributed by atoms with van der Waals surface area (Å²) >= 11 is 0. The zero-order valence-electron chi connectivity index (χ0n) is 38.0. The molecule has 0 rings (SSSR count). The first kappa shape index (κ1) is 54.8. The number of quaternary nitrogens is 1. The summed E-state index contributed by atoms with van der Waals surface area (Å²) < 4.78 is 17.2. The maximum absolute atomic E-state index is 12.7. The van der Waals surface area contributed by atoms with Crippen LogP contribution in [-0.4, -0.2) is 75.5 Å². The Morgan fingerprint density at radius 1 is 0.526 bits per heavy atom. The highest BCUT2D eigenvalue weighted by Crippen LogP contribution is 2.16. The van der Waals surface area contributed by atoms with Crippen LogP contribution in [0.1, 0.15) is 219 Å². The van der Waals surface area contributed by atoms with Gasteiger partial charge < -0.3 is 28.6 Å². The highest BCUT2D eigenvalue weighted by atomic mass is 16.6. The van der Waals surface area contributed by atoms with Gasteiger partial charge in [-0.25, -0.2) is 0 Å². The van der Waals surface area contributed by atoms with Crippen molar-refractivity contribution in [2.75, 3.05) is 41.0 Å². The van der Waals surface area contributed by atoms with Crippen molar-refractivity contribution < 1.29 is 38.2 Å². The minimum atomic E-state index is -1.13. The predicted molar refractivity (Wildman–Crippen MR) is 236 cm³/mol. The Hall–Kier alpha value is -2.19. The van der Waals surface area contributed by atoms with Gasteiger partial charge in [0, 0.05) is 19.3 Å². The van der Waals surface area contributed by atoms with E-state index < -0.39 is 18.1 Å². The lowest BCUT2D eigenvalue weighted by Crippen LogP contribution is -2.55. The van der Waals surface area contributed by atoms with Crippen molar-refractivity contribution in [2.45, 2.75) is 231 Å². The zero-order chi connectivity index (χ0) is 42.1. The molecule has 2 atom stereocenters. The van der Waals surface area contributed by atoms with Crippen molar-refractivity contribution >= 4 is 17.9 Å². The van der Waals surface area contributed by atoms with Gasteiger partial charge >= 0.3 is 11.9 Å². The Morgan fingerprint density at radius 3 is 1.39 bits per heavy atom. The summed E-state index contributed by atoms with van der Waals surface area (Å²) in [7, 11) is 5.41. The number of allylic oxidation sites excluding steroid dienone is 4. The highest BCUT2D eigenvalue weighted by Gasteiger charge is 2.25. The van der Waals surface area contributed by atoms with E-state index in [0.717, 1.165) is 64.2 Å². The Kier molecular flexibility index (Phi) is 39.0. The number of esters is 2. The average Bonchev–Trinajstić information content (AvgIpc) is 3.17. The van der Waals surface area contributed by atoms with Gasteiger partial charge in [0.25, 0.3) is 0 Å². The lowest BCUT2D eigenvalue weighted by atomic mass is 10.0. The molecule has 0 aliphatic rings. The van der Waals surface area contributed by atoms with Gasteiger partial charge in [-0.1, -0.05) is 179 Å². The van der Waals surface area contributed by atoms with E-state index in [1.54, 1.807) is 21.1 Å². The molecule has 2 unspecified atom stereocenters. The Bertz CT molecular complexity index is 989. The van der Waals surface area contributed by atoms with E-state index in [1.165, 1.54) is 122 Å². The second kappa shape index (κ2) is 40.6. The normalized spacial score (nSPS) is 13.1. The van der Waals surface area contributed by atoms with Crippen molar-refractivity contribution in [3.63, 3.8) is 0 Å². The number of carboxylic acid groups (broad SMARTS) is 1. The van der Waals surface area contributed by atoms with Crippen molar-refractivity contribution in [1.82, 2.24) is 0 Å². The molecule has 0 aromatic rings. The van der Waals surface area contributed by atoms with Gasteiger partial charge in [0.1, 0.15) is 12.6 Å². The maximum atomic E-state index is 12.7. The molecule has 334 valence electrons. The molecule has 8 nitrogen and oxygen atoms in total. The van der Waals surface area contributed by atoms with Crippen LogP contribution in [0.15, 0.2) is 24.3 Å². The van der Waals surface area contributed by atoms with Crippen LogP contribution in [0.25, 0.3) is 0 Å². The van der Waals surface area contributed by atoms with Gasteiger partial charge in [-0.3, -0.25) is 9.59 Å². The highest BCUT2D eigenvalue weighted by molar-refractivity contribution is 5.70. The van der Waals surface area contributed by atoms with E-state index in [4.69, 9.17) is 14.2 Å². The molecule has 0 bridgehead atoms. The molecule has 8 heteroatoms. The fourth-order valence-electron chi connectivity index (χ4n) is 7.10. The first-order chi connectivity index (χ1) is 27.6. The standard InChI is InChI=1S/C49H91NO7/c1-6-8-10-12-14-16-18-20-22-23-24-26-27-29-31-33-35-37-39-47(51)56-44-45(43-55-42-41-46(49(53)54)50(3,4)5)57-48(52)40-38-36-34-32-30-28-25-21-19-17-15-13-11-9-7-2/h15,17,21,25,45-46H,6-14,16,18-20,22-24,26-44H2,1-5H3/b17-15-,25-21-. The van der Waals surface area contributed by atoms with Crippen LogP contribution in [0, 0.1) is 0 Å². The van der Waals surface area contributed by atoms with E-state index in [2.05, 4.69) is 38.2 Å². The third-order valence-electron chi connectivity index (χ3n) is 10.8. The lowest BCUT2D eigenvalue weighted by Gasteiger charge is -2.34. The predicted octanol–water partition coefficient (Wildman–Crippen LogP) is 11.9. The van der Waals surface area contributed by atoms with Gasteiger partial charge in [-0.2, -0.15) is 0 Å². The van der Waals surface area contributed by atoms with Gasteiger partial charge in [0.05, 0.1) is 40.3 Å². The van der Waals surface area contributed by atoms with Gasteiger partial charge in [-0.05, 0) is 44.9 Å². The molecule has 0 aromatic heterocycles. The van der Waals surface area contributed by atoms with Crippen LogP contribution in [0.2, 0.25) is 0 Å². The number of carbonyl (C=O) groups is 3. The number of unbranched alkanes of at least 4 members (excludes halogenated alkanes) is 25. The molecule has 0 spiro atoms. The van der Waals surface area contributed by atoms with E-state index in [1.807, 2.05) is 0 Å². The summed E-state index contributed by atoms with van der Waals surface area (Å²) in [4.78, 5) is 36.9.